The molecule has 0 aromatic heterocycles. The Labute approximate surface area is 197 Å². The fourth-order valence-electron chi connectivity index (χ4n) is 2.94. The van der Waals surface area contributed by atoms with E-state index < -0.39 is 24.5 Å². The smallest absolute Gasteiger partial charge is 0.329 e. The summed E-state index contributed by atoms with van der Waals surface area (Å²) in [5.74, 6) is -0.438. The van der Waals surface area contributed by atoms with Crippen LogP contribution in [0.15, 0.2) is 42.1 Å². The third-order valence-corrected chi connectivity index (χ3v) is 5.35. The number of benzene rings is 2. The van der Waals surface area contributed by atoms with E-state index in [0.29, 0.717) is 26.2 Å². The summed E-state index contributed by atoms with van der Waals surface area (Å²) in [7, 11) is 2.66. The lowest BCUT2D eigenvalue weighted by molar-refractivity contribution is -0.143. The summed E-state index contributed by atoms with van der Waals surface area (Å²) in [5, 5.41) is 11.7. The van der Waals surface area contributed by atoms with E-state index in [0.717, 1.165) is 10.5 Å². The number of urea groups is 1. The molecule has 1 aliphatic heterocycles. The van der Waals surface area contributed by atoms with Crippen molar-refractivity contribution in [3.05, 3.63) is 62.4 Å². The van der Waals surface area contributed by atoms with Crippen LogP contribution in [0.1, 0.15) is 16.7 Å². The Morgan fingerprint density at radius 2 is 2.00 bits per heavy atom. The molecule has 32 heavy (non-hydrogen) atoms. The van der Waals surface area contributed by atoms with Crippen LogP contribution in [0.2, 0.25) is 0 Å². The molecule has 3 amide bonds. The number of nitrogens with one attached hydrogen (secondary N) is 1. The second-order valence-corrected chi connectivity index (χ2v) is 7.71. The lowest BCUT2D eigenvalue weighted by atomic mass is 10.1. The van der Waals surface area contributed by atoms with Crippen LogP contribution < -0.4 is 14.8 Å². The summed E-state index contributed by atoms with van der Waals surface area (Å²) in [6.45, 7) is -0.302. The number of ether oxygens (including phenoxy) is 3. The summed E-state index contributed by atoms with van der Waals surface area (Å²) in [6.07, 6.45) is 1.48. The van der Waals surface area contributed by atoms with Crippen molar-refractivity contribution in [2.45, 2.75) is 6.61 Å². The van der Waals surface area contributed by atoms with Gasteiger partial charge in [0.2, 0.25) is 0 Å². The molecule has 0 saturated carbocycles. The molecule has 0 radical (unpaired) electrons. The van der Waals surface area contributed by atoms with Crippen molar-refractivity contribution in [2.24, 2.45) is 0 Å². The number of carbonyl (C=O) groups excluding carboxylic acids is 3. The molecular weight excluding hydrogens is 529 g/mol. The number of amides is 3. The van der Waals surface area contributed by atoms with Gasteiger partial charge in [0, 0.05) is 5.56 Å². The van der Waals surface area contributed by atoms with Gasteiger partial charge in [0.1, 0.15) is 18.8 Å². The number of methoxy groups -OCH3 is 2. The summed E-state index contributed by atoms with van der Waals surface area (Å²) in [4.78, 5) is 36.7. The van der Waals surface area contributed by atoms with E-state index in [1.807, 2.05) is 12.1 Å². The highest BCUT2D eigenvalue weighted by molar-refractivity contribution is 14.1. The number of imide groups is 1. The number of rotatable bonds is 7. The fourth-order valence-corrected chi connectivity index (χ4v) is 3.72. The van der Waals surface area contributed by atoms with E-state index in [-0.39, 0.29) is 12.3 Å². The maximum Gasteiger partial charge on any atom is 0.329 e. The highest BCUT2D eigenvalue weighted by atomic mass is 127. The zero-order valence-electron chi connectivity index (χ0n) is 17.2. The van der Waals surface area contributed by atoms with Crippen LogP contribution in [-0.2, 0) is 20.9 Å². The Morgan fingerprint density at radius 3 is 2.69 bits per heavy atom. The van der Waals surface area contributed by atoms with Gasteiger partial charge >= 0.3 is 12.0 Å². The Kier molecular flexibility index (Phi) is 7.32. The minimum absolute atomic E-state index is 0.0216. The molecule has 1 N–H and O–H groups in total. The molecule has 1 fully saturated rings. The van der Waals surface area contributed by atoms with Gasteiger partial charge in [-0.05, 0) is 52.4 Å². The van der Waals surface area contributed by atoms with Crippen LogP contribution >= 0.6 is 22.6 Å². The van der Waals surface area contributed by atoms with Crippen LogP contribution in [0.5, 0.6) is 11.5 Å². The second kappa shape index (κ2) is 10.1. The molecule has 0 atom stereocenters. The number of hydrogen-bond acceptors (Lipinski definition) is 7. The van der Waals surface area contributed by atoms with Crippen LogP contribution in [0.4, 0.5) is 4.79 Å². The lowest BCUT2D eigenvalue weighted by Crippen LogP contribution is -2.36. The van der Waals surface area contributed by atoms with Gasteiger partial charge in [0.05, 0.1) is 29.4 Å². The third kappa shape index (κ3) is 5.00. The number of nitrogens with zero attached hydrogens (tertiary/aromatic N) is 2. The van der Waals surface area contributed by atoms with Crippen LogP contribution in [0.25, 0.3) is 6.08 Å². The van der Waals surface area contributed by atoms with Gasteiger partial charge in [0.25, 0.3) is 5.91 Å². The molecular formula is C22H18IN3O6. The fraction of sp³-hybridized carbons (Fsp3) is 0.182. The van der Waals surface area contributed by atoms with Gasteiger partial charge in [-0.2, -0.15) is 5.26 Å². The second-order valence-electron chi connectivity index (χ2n) is 6.55. The average molecular weight is 547 g/mol. The molecule has 164 valence electrons. The number of esters is 1. The number of nitriles is 1. The monoisotopic (exact) mass is 547 g/mol. The molecule has 10 heteroatoms. The van der Waals surface area contributed by atoms with Crippen molar-refractivity contribution in [3.8, 4) is 17.6 Å². The Bertz CT molecular complexity index is 1150. The van der Waals surface area contributed by atoms with E-state index in [4.69, 9.17) is 9.47 Å². The first kappa shape index (κ1) is 23.1. The maximum absolute atomic E-state index is 12.5. The van der Waals surface area contributed by atoms with Crippen molar-refractivity contribution in [1.82, 2.24) is 10.2 Å². The molecule has 2 aromatic rings. The van der Waals surface area contributed by atoms with Gasteiger partial charge in [-0.25, -0.2) is 9.69 Å². The topological polar surface area (TPSA) is 118 Å². The van der Waals surface area contributed by atoms with Crippen LogP contribution in [-0.4, -0.2) is 43.6 Å². The summed E-state index contributed by atoms with van der Waals surface area (Å²) >= 11 is 2.07. The third-order valence-electron chi connectivity index (χ3n) is 4.55. The SMILES string of the molecule is COC(=O)CN1C(=O)N/C(=C/c2cc(I)c(OCc3ccccc3C#N)c(OC)c2)C1=O. The summed E-state index contributed by atoms with van der Waals surface area (Å²) < 4.78 is 16.6. The molecule has 0 spiro atoms. The number of carbonyl (C=O) groups is 3. The number of halogens is 1. The van der Waals surface area contributed by atoms with Gasteiger partial charge in [-0.1, -0.05) is 18.2 Å². The van der Waals surface area contributed by atoms with E-state index in [2.05, 4.69) is 38.7 Å². The molecule has 9 nitrogen and oxygen atoms in total. The van der Waals surface area contributed by atoms with Gasteiger partial charge in [-0.3, -0.25) is 9.59 Å². The zero-order chi connectivity index (χ0) is 23.3. The Hall–Kier alpha value is -3.59. The highest BCUT2D eigenvalue weighted by Gasteiger charge is 2.35. The summed E-state index contributed by atoms with van der Waals surface area (Å²) in [6, 6.07) is 12.0. The molecule has 1 aliphatic rings. The van der Waals surface area contributed by atoms with Crippen molar-refractivity contribution >= 4 is 46.6 Å². The first-order chi connectivity index (χ1) is 15.4. The maximum atomic E-state index is 12.5. The van der Waals surface area contributed by atoms with E-state index in [1.165, 1.54) is 20.3 Å². The van der Waals surface area contributed by atoms with Gasteiger partial charge < -0.3 is 19.5 Å². The van der Waals surface area contributed by atoms with Crippen molar-refractivity contribution in [1.29, 1.82) is 5.26 Å². The minimum atomic E-state index is -0.704. The van der Waals surface area contributed by atoms with Crippen molar-refractivity contribution < 1.29 is 28.6 Å². The quantitative estimate of drug-likeness (QED) is 0.245. The van der Waals surface area contributed by atoms with E-state index in [9.17, 15) is 19.6 Å². The first-order valence-electron chi connectivity index (χ1n) is 9.27. The molecule has 1 heterocycles. The molecule has 0 aliphatic carbocycles. The largest absolute Gasteiger partial charge is 0.493 e. The first-order valence-corrected chi connectivity index (χ1v) is 10.4. The molecule has 3 rings (SSSR count). The van der Waals surface area contributed by atoms with E-state index >= 15 is 0 Å². The molecule has 0 bridgehead atoms. The minimum Gasteiger partial charge on any atom is -0.493 e. The van der Waals surface area contributed by atoms with Crippen LogP contribution in [0, 0.1) is 14.9 Å². The van der Waals surface area contributed by atoms with Gasteiger partial charge in [-0.15, -0.1) is 0 Å². The molecule has 2 aromatic carbocycles. The standard InChI is InChI=1S/C22H18IN3O6/c1-30-18-9-13(8-17-21(28)26(22(29)25-17)11-19(27)31-2)7-16(23)20(18)32-12-15-6-4-3-5-14(15)10-24/h3-9H,11-12H2,1-2H3,(H,25,29)/b17-8+. The summed E-state index contributed by atoms with van der Waals surface area (Å²) in [5.41, 5.74) is 1.87. The van der Waals surface area contributed by atoms with Gasteiger partial charge in [0.15, 0.2) is 11.5 Å². The van der Waals surface area contributed by atoms with Crippen molar-refractivity contribution in [2.75, 3.05) is 20.8 Å². The Morgan fingerprint density at radius 1 is 1.25 bits per heavy atom. The van der Waals surface area contributed by atoms with Crippen molar-refractivity contribution in [3.63, 3.8) is 0 Å². The lowest BCUT2D eigenvalue weighted by Gasteiger charge is -2.14. The predicted octanol–water partition coefficient (Wildman–Crippen LogP) is 2.82. The average Bonchev–Trinajstić information content (AvgIpc) is 3.05. The molecule has 1 saturated heterocycles. The van der Waals surface area contributed by atoms with E-state index in [1.54, 1.807) is 24.3 Å². The number of hydrogen-bond donors (Lipinski definition) is 1. The van der Waals surface area contributed by atoms with Crippen LogP contribution in [0.3, 0.4) is 0 Å². The predicted molar refractivity (Wildman–Crippen MR) is 121 cm³/mol. The Balaban J connectivity index is 1.83. The highest BCUT2D eigenvalue weighted by Crippen LogP contribution is 2.35. The normalized spacial score (nSPS) is 14.2. The molecule has 0 unspecified atom stereocenters. The zero-order valence-corrected chi connectivity index (χ0v) is 19.3.